The molecule has 0 saturated heterocycles. The molecular weight excluding hydrogens is 247 g/mol. The molecule has 0 aliphatic rings. The maximum absolute atomic E-state index is 8.71. The van der Waals surface area contributed by atoms with Crippen molar-refractivity contribution in [3.05, 3.63) is 33.8 Å². The van der Waals surface area contributed by atoms with Crippen LogP contribution in [0.2, 0.25) is 10.0 Å². The highest BCUT2D eigenvalue weighted by atomic mass is 35.5. The molecule has 0 fully saturated rings. The fraction of sp³-hybridized carbons (Fsp3) is 0.455. The van der Waals surface area contributed by atoms with Crippen LogP contribution in [0.1, 0.15) is 18.0 Å². The maximum atomic E-state index is 8.71. The molecule has 0 heterocycles. The summed E-state index contributed by atoms with van der Waals surface area (Å²) >= 11 is 12.2. The fourth-order valence-corrected chi connectivity index (χ4v) is 2.16. The molecule has 0 aromatic heterocycles. The molecule has 0 spiro atoms. The number of nitrogens with two attached hydrogens (primary N) is 1. The Morgan fingerprint density at radius 2 is 1.94 bits per heavy atom. The summed E-state index contributed by atoms with van der Waals surface area (Å²) in [6, 6.07) is 5.31. The lowest BCUT2D eigenvalue weighted by molar-refractivity contribution is 0.283. The topological polar surface area (TPSA) is 58.3 Å². The van der Waals surface area contributed by atoms with E-state index in [1.807, 2.05) is 0 Å². The molecule has 1 atom stereocenters. The van der Waals surface area contributed by atoms with Gasteiger partial charge in [0, 0.05) is 34.8 Å². The van der Waals surface area contributed by atoms with Gasteiger partial charge in [0.05, 0.1) is 0 Å². The van der Waals surface area contributed by atoms with E-state index in [2.05, 4.69) is 5.32 Å². The summed E-state index contributed by atoms with van der Waals surface area (Å²) in [6.07, 6.45) is 0.679. The van der Waals surface area contributed by atoms with Crippen LogP contribution in [0.4, 0.5) is 0 Å². The zero-order valence-electron chi connectivity index (χ0n) is 8.92. The van der Waals surface area contributed by atoms with Gasteiger partial charge in [-0.1, -0.05) is 29.3 Å². The molecule has 3 nitrogen and oxygen atoms in total. The predicted molar refractivity (Wildman–Crippen MR) is 68.0 cm³/mol. The number of nitrogens with one attached hydrogen (secondary N) is 1. The Morgan fingerprint density at radius 1 is 1.31 bits per heavy atom. The van der Waals surface area contributed by atoms with Gasteiger partial charge in [0.1, 0.15) is 0 Å². The first-order chi connectivity index (χ1) is 7.70. The average molecular weight is 263 g/mol. The van der Waals surface area contributed by atoms with Gasteiger partial charge in [0.25, 0.3) is 0 Å². The van der Waals surface area contributed by atoms with Gasteiger partial charge < -0.3 is 16.2 Å². The van der Waals surface area contributed by atoms with Crippen LogP contribution >= 0.6 is 23.2 Å². The summed E-state index contributed by atoms with van der Waals surface area (Å²) < 4.78 is 0. The quantitative estimate of drug-likeness (QED) is 0.688. The van der Waals surface area contributed by atoms with E-state index in [4.69, 9.17) is 34.0 Å². The monoisotopic (exact) mass is 262 g/mol. The molecule has 5 heteroatoms. The van der Waals surface area contributed by atoms with Crippen LogP contribution in [0.15, 0.2) is 18.2 Å². The van der Waals surface area contributed by atoms with Crippen molar-refractivity contribution in [1.82, 2.24) is 5.32 Å². The summed E-state index contributed by atoms with van der Waals surface area (Å²) in [7, 11) is 0. The number of benzene rings is 1. The first-order valence-corrected chi connectivity index (χ1v) is 5.94. The van der Waals surface area contributed by atoms with E-state index in [-0.39, 0.29) is 12.6 Å². The summed E-state index contributed by atoms with van der Waals surface area (Å²) in [5.74, 6) is 0. The molecule has 1 rings (SSSR count). The van der Waals surface area contributed by atoms with Gasteiger partial charge in [-0.3, -0.25) is 0 Å². The van der Waals surface area contributed by atoms with Crippen molar-refractivity contribution in [2.45, 2.75) is 12.5 Å². The summed E-state index contributed by atoms with van der Waals surface area (Å²) in [6.45, 7) is 1.25. The molecule has 0 aliphatic heterocycles. The van der Waals surface area contributed by atoms with Crippen molar-refractivity contribution >= 4 is 23.2 Å². The second kappa shape index (κ2) is 7.09. The fourth-order valence-electron chi connectivity index (χ4n) is 1.50. The van der Waals surface area contributed by atoms with E-state index in [1.165, 1.54) is 0 Å². The van der Waals surface area contributed by atoms with Crippen LogP contribution in [-0.2, 0) is 0 Å². The largest absolute Gasteiger partial charge is 0.396 e. The van der Waals surface area contributed by atoms with Crippen LogP contribution in [-0.4, -0.2) is 24.8 Å². The first-order valence-electron chi connectivity index (χ1n) is 5.19. The van der Waals surface area contributed by atoms with Gasteiger partial charge in [0.2, 0.25) is 0 Å². The van der Waals surface area contributed by atoms with Crippen molar-refractivity contribution in [3.8, 4) is 0 Å². The van der Waals surface area contributed by atoms with Crippen LogP contribution in [0.25, 0.3) is 0 Å². The third kappa shape index (κ3) is 3.61. The molecule has 1 aromatic rings. The van der Waals surface area contributed by atoms with Gasteiger partial charge in [-0.15, -0.1) is 0 Å². The summed E-state index contributed by atoms with van der Waals surface area (Å²) in [5.41, 5.74) is 6.51. The van der Waals surface area contributed by atoms with Gasteiger partial charge in [-0.25, -0.2) is 0 Å². The van der Waals surface area contributed by atoms with Crippen molar-refractivity contribution in [2.75, 3.05) is 19.7 Å². The zero-order valence-corrected chi connectivity index (χ0v) is 10.4. The lowest BCUT2D eigenvalue weighted by atomic mass is 10.1. The SMILES string of the molecule is NCC(NCCCO)c1c(Cl)cccc1Cl. The lowest BCUT2D eigenvalue weighted by Gasteiger charge is -2.19. The van der Waals surface area contributed by atoms with Crippen LogP contribution < -0.4 is 11.1 Å². The van der Waals surface area contributed by atoms with E-state index in [0.717, 1.165) is 5.56 Å². The van der Waals surface area contributed by atoms with Crippen molar-refractivity contribution in [2.24, 2.45) is 5.73 Å². The second-order valence-corrected chi connectivity index (χ2v) is 4.27. The van der Waals surface area contributed by atoms with Gasteiger partial charge in [-0.2, -0.15) is 0 Å². The van der Waals surface area contributed by atoms with Crippen molar-refractivity contribution < 1.29 is 5.11 Å². The van der Waals surface area contributed by atoms with Crippen LogP contribution in [0, 0.1) is 0 Å². The normalized spacial score (nSPS) is 12.8. The van der Waals surface area contributed by atoms with E-state index >= 15 is 0 Å². The zero-order chi connectivity index (χ0) is 12.0. The predicted octanol–water partition coefficient (Wildman–Crippen LogP) is 1.97. The Hall–Kier alpha value is -0.320. The van der Waals surface area contributed by atoms with Gasteiger partial charge in [0.15, 0.2) is 0 Å². The Labute approximate surface area is 106 Å². The third-order valence-corrected chi connectivity index (χ3v) is 2.97. The minimum atomic E-state index is -0.0762. The van der Waals surface area contributed by atoms with E-state index in [1.54, 1.807) is 18.2 Å². The lowest BCUT2D eigenvalue weighted by Crippen LogP contribution is -2.29. The summed E-state index contributed by atoms with van der Waals surface area (Å²) in [5, 5.41) is 13.1. The summed E-state index contributed by atoms with van der Waals surface area (Å²) in [4.78, 5) is 0. The highest BCUT2D eigenvalue weighted by molar-refractivity contribution is 6.36. The second-order valence-electron chi connectivity index (χ2n) is 3.45. The van der Waals surface area contributed by atoms with Crippen LogP contribution in [0.5, 0.6) is 0 Å². The molecular formula is C11H16Cl2N2O. The van der Waals surface area contributed by atoms with Crippen molar-refractivity contribution in [1.29, 1.82) is 0 Å². The molecule has 1 unspecified atom stereocenters. The number of aliphatic hydroxyl groups excluding tert-OH is 1. The Kier molecular flexibility index (Phi) is 6.09. The number of hydrogen-bond donors (Lipinski definition) is 3. The first kappa shape index (κ1) is 13.7. The van der Waals surface area contributed by atoms with E-state index in [0.29, 0.717) is 29.6 Å². The van der Waals surface area contributed by atoms with Gasteiger partial charge >= 0.3 is 0 Å². The Balaban J connectivity index is 2.78. The highest BCUT2D eigenvalue weighted by Gasteiger charge is 2.15. The number of hydrogen-bond acceptors (Lipinski definition) is 3. The Morgan fingerprint density at radius 3 is 2.44 bits per heavy atom. The molecule has 0 amide bonds. The van der Waals surface area contributed by atoms with Gasteiger partial charge in [-0.05, 0) is 25.1 Å². The molecule has 4 N–H and O–H groups in total. The molecule has 0 aliphatic carbocycles. The molecule has 0 saturated carbocycles. The third-order valence-electron chi connectivity index (χ3n) is 2.31. The molecule has 1 aromatic carbocycles. The molecule has 90 valence electrons. The van der Waals surface area contributed by atoms with E-state index in [9.17, 15) is 0 Å². The molecule has 0 radical (unpaired) electrons. The Bertz CT molecular complexity index is 314. The standard InChI is InChI=1S/C11H16Cl2N2O/c12-8-3-1-4-9(13)11(8)10(7-14)15-5-2-6-16/h1,3-4,10,15-16H,2,5-7,14H2. The molecule has 16 heavy (non-hydrogen) atoms. The number of halogens is 2. The maximum Gasteiger partial charge on any atom is 0.0474 e. The van der Waals surface area contributed by atoms with E-state index < -0.39 is 0 Å². The van der Waals surface area contributed by atoms with Crippen LogP contribution in [0.3, 0.4) is 0 Å². The minimum absolute atomic E-state index is 0.0762. The minimum Gasteiger partial charge on any atom is -0.396 e. The molecule has 0 bridgehead atoms. The smallest absolute Gasteiger partial charge is 0.0474 e. The van der Waals surface area contributed by atoms with Crippen molar-refractivity contribution in [3.63, 3.8) is 0 Å². The number of rotatable bonds is 6. The highest BCUT2D eigenvalue weighted by Crippen LogP contribution is 2.29. The average Bonchev–Trinajstić information content (AvgIpc) is 2.26. The number of aliphatic hydroxyl groups is 1.